The van der Waals surface area contributed by atoms with Crippen molar-refractivity contribution in [2.45, 2.75) is 50.5 Å². The molecule has 1 N–H and O–H groups in total. The van der Waals surface area contributed by atoms with Crippen LogP contribution in [-0.4, -0.2) is 47.2 Å². The maximum atomic E-state index is 12.6. The van der Waals surface area contributed by atoms with E-state index in [9.17, 15) is 8.42 Å². The van der Waals surface area contributed by atoms with Gasteiger partial charge >= 0.3 is 0 Å². The maximum Gasteiger partial charge on any atom is 0.240 e. The number of nitrogens with zero attached hydrogens (tertiary/aromatic N) is 1. The first-order valence-electron chi connectivity index (χ1n) is 11.0. The van der Waals surface area contributed by atoms with Crippen LogP contribution in [0.3, 0.4) is 0 Å². The molecule has 0 radical (unpaired) electrons. The molecule has 7 heteroatoms. The zero-order valence-electron chi connectivity index (χ0n) is 18.8. The predicted octanol–water partition coefficient (Wildman–Crippen LogP) is 3.77. The first-order chi connectivity index (χ1) is 15.0. The van der Waals surface area contributed by atoms with Gasteiger partial charge in [0.2, 0.25) is 10.0 Å². The van der Waals surface area contributed by atoms with Crippen LogP contribution in [0.2, 0.25) is 0 Å². The molecule has 0 fully saturated rings. The molecule has 1 heterocycles. The van der Waals surface area contributed by atoms with Crippen molar-refractivity contribution in [2.75, 3.05) is 33.9 Å². The minimum atomic E-state index is -3.46. The van der Waals surface area contributed by atoms with Crippen LogP contribution in [0.4, 0.5) is 0 Å². The average Bonchev–Trinajstić information content (AvgIpc) is 2.79. The second kappa shape index (κ2) is 11.0. The van der Waals surface area contributed by atoms with Gasteiger partial charge in [-0.1, -0.05) is 25.5 Å². The van der Waals surface area contributed by atoms with Crippen LogP contribution >= 0.6 is 0 Å². The van der Waals surface area contributed by atoms with Crippen molar-refractivity contribution in [3.8, 4) is 11.5 Å². The predicted molar refractivity (Wildman–Crippen MR) is 123 cm³/mol. The molecule has 0 spiro atoms. The third kappa shape index (κ3) is 6.21. The number of ether oxygens (including phenoxy) is 2. The molecule has 6 nitrogen and oxygen atoms in total. The van der Waals surface area contributed by atoms with Gasteiger partial charge in [0.15, 0.2) is 11.5 Å². The van der Waals surface area contributed by atoms with Gasteiger partial charge in [-0.3, -0.25) is 4.90 Å². The van der Waals surface area contributed by atoms with Crippen LogP contribution in [0.1, 0.15) is 42.9 Å². The number of rotatable bonds is 11. The lowest BCUT2D eigenvalue weighted by molar-refractivity contribution is 0.250. The zero-order chi connectivity index (χ0) is 22.3. The quantitative estimate of drug-likeness (QED) is 0.532. The number of benzene rings is 2. The van der Waals surface area contributed by atoms with E-state index in [1.54, 1.807) is 26.4 Å². The molecule has 0 atom stereocenters. The van der Waals surface area contributed by atoms with Gasteiger partial charge < -0.3 is 9.47 Å². The number of sulfonamides is 1. The monoisotopic (exact) mass is 446 g/mol. The molecule has 0 saturated carbocycles. The molecule has 1 aliphatic heterocycles. The summed E-state index contributed by atoms with van der Waals surface area (Å²) < 4.78 is 38.7. The second-order valence-corrected chi connectivity index (χ2v) is 9.77. The van der Waals surface area contributed by atoms with E-state index in [1.165, 1.54) is 16.7 Å². The van der Waals surface area contributed by atoms with Crippen LogP contribution in [-0.2, 0) is 29.4 Å². The third-order valence-corrected chi connectivity index (χ3v) is 7.27. The highest BCUT2D eigenvalue weighted by molar-refractivity contribution is 7.89. The number of nitrogens with one attached hydrogen (secondary N) is 1. The van der Waals surface area contributed by atoms with E-state index >= 15 is 0 Å². The molecule has 170 valence electrons. The van der Waals surface area contributed by atoms with Gasteiger partial charge in [0.05, 0.1) is 19.1 Å². The smallest absolute Gasteiger partial charge is 0.240 e. The first-order valence-corrected chi connectivity index (χ1v) is 12.5. The Labute approximate surface area is 186 Å². The van der Waals surface area contributed by atoms with Crippen molar-refractivity contribution in [1.29, 1.82) is 0 Å². The number of aryl methyl sites for hydroxylation is 1. The molecule has 0 aromatic heterocycles. The van der Waals surface area contributed by atoms with Crippen LogP contribution in [0, 0.1) is 0 Å². The molecule has 3 rings (SSSR count). The molecule has 2 aromatic rings. The summed E-state index contributed by atoms with van der Waals surface area (Å²) in [7, 11) is -0.162. The fourth-order valence-corrected chi connectivity index (χ4v) is 5.02. The molecule has 0 bridgehead atoms. The maximum absolute atomic E-state index is 12.6. The Morgan fingerprint density at radius 2 is 1.68 bits per heavy atom. The van der Waals surface area contributed by atoms with E-state index in [-0.39, 0.29) is 0 Å². The molecule has 1 aliphatic rings. The fourth-order valence-electron chi connectivity index (χ4n) is 3.94. The van der Waals surface area contributed by atoms with Gasteiger partial charge in [0.25, 0.3) is 0 Å². The Morgan fingerprint density at radius 1 is 1.00 bits per heavy atom. The van der Waals surface area contributed by atoms with Gasteiger partial charge in [0, 0.05) is 19.6 Å². The molecule has 0 aliphatic carbocycles. The normalized spacial score (nSPS) is 14.3. The number of hydrogen-bond donors (Lipinski definition) is 1. The van der Waals surface area contributed by atoms with Gasteiger partial charge in [0.1, 0.15) is 0 Å². The van der Waals surface area contributed by atoms with E-state index in [0.29, 0.717) is 11.4 Å². The standard InChI is InChI=1S/C24H34N2O4S/c1-4-5-7-19-8-10-22(11-9-19)31(27,28)25-13-6-14-26-15-12-20-16-23(29-2)24(30-3)17-21(20)18-26/h8-11,16-17,25H,4-7,12-15,18H2,1-3H3. The van der Waals surface area contributed by atoms with Crippen LogP contribution in [0.25, 0.3) is 0 Å². The molecule has 2 aromatic carbocycles. The summed E-state index contributed by atoms with van der Waals surface area (Å²) >= 11 is 0. The zero-order valence-corrected chi connectivity index (χ0v) is 19.6. The summed E-state index contributed by atoms with van der Waals surface area (Å²) in [4.78, 5) is 2.69. The van der Waals surface area contributed by atoms with Crippen molar-refractivity contribution in [2.24, 2.45) is 0 Å². The van der Waals surface area contributed by atoms with Crippen LogP contribution in [0.5, 0.6) is 11.5 Å². The van der Waals surface area contributed by atoms with Crippen molar-refractivity contribution in [1.82, 2.24) is 9.62 Å². The second-order valence-electron chi connectivity index (χ2n) is 8.00. The summed E-state index contributed by atoms with van der Waals surface area (Å²) in [6.45, 7) is 5.21. The van der Waals surface area contributed by atoms with Gasteiger partial charge in [-0.15, -0.1) is 0 Å². The largest absolute Gasteiger partial charge is 0.493 e. The Balaban J connectivity index is 1.48. The van der Waals surface area contributed by atoms with Gasteiger partial charge in [-0.2, -0.15) is 0 Å². The SMILES string of the molecule is CCCCc1ccc(S(=O)(=O)NCCCN2CCc3cc(OC)c(OC)cc3C2)cc1. The van der Waals surface area contributed by atoms with Crippen molar-refractivity contribution >= 4 is 10.0 Å². The fraction of sp³-hybridized carbons (Fsp3) is 0.500. The highest BCUT2D eigenvalue weighted by Gasteiger charge is 2.19. The number of unbranched alkanes of at least 4 members (excludes halogenated alkanes) is 1. The van der Waals surface area contributed by atoms with E-state index < -0.39 is 10.0 Å². The van der Waals surface area contributed by atoms with Gasteiger partial charge in [-0.25, -0.2) is 13.1 Å². The number of fused-ring (bicyclic) bond motifs is 1. The van der Waals surface area contributed by atoms with Gasteiger partial charge in [-0.05, 0) is 73.2 Å². The van der Waals surface area contributed by atoms with Crippen molar-refractivity contribution < 1.29 is 17.9 Å². The highest BCUT2D eigenvalue weighted by atomic mass is 32.2. The molecular formula is C24H34N2O4S. The summed E-state index contributed by atoms with van der Waals surface area (Å²) in [6, 6.07) is 11.4. The number of hydrogen-bond acceptors (Lipinski definition) is 5. The summed E-state index contributed by atoms with van der Waals surface area (Å²) in [5.74, 6) is 1.51. The van der Waals surface area contributed by atoms with Crippen molar-refractivity contribution in [3.05, 3.63) is 53.1 Å². The summed E-state index contributed by atoms with van der Waals surface area (Å²) in [5, 5.41) is 0. The van der Waals surface area contributed by atoms with Crippen LogP contribution in [0.15, 0.2) is 41.3 Å². The third-order valence-electron chi connectivity index (χ3n) is 5.79. The first kappa shape index (κ1) is 23.6. The lowest BCUT2D eigenvalue weighted by atomic mass is 9.98. The lowest BCUT2D eigenvalue weighted by Gasteiger charge is -2.29. The summed E-state index contributed by atoms with van der Waals surface area (Å²) in [5.41, 5.74) is 3.71. The Morgan fingerprint density at radius 3 is 2.32 bits per heavy atom. The Kier molecular flexibility index (Phi) is 8.35. The Bertz CT molecular complexity index is 958. The highest BCUT2D eigenvalue weighted by Crippen LogP contribution is 2.33. The number of methoxy groups -OCH3 is 2. The molecular weight excluding hydrogens is 412 g/mol. The van der Waals surface area contributed by atoms with E-state index in [4.69, 9.17) is 9.47 Å². The average molecular weight is 447 g/mol. The van der Waals surface area contributed by atoms with E-state index in [0.717, 1.165) is 63.2 Å². The molecule has 31 heavy (non-hydrogen) atoms. The lowest BCUT2D eigenvalue weighted by Crippen LogP contribution is -2.33. The molecule has 0 unspecified atom stereocenters. The topological polar surface area (TPSA) is 67.9 Å². The van der Waals surface area contributed by atoms with E-state index in [2.05, 4.69) is 22.6 Å². The van der Waals surface area contributed by atoms with Crippen LogP contribution < -0.4 is 14.2 Å². The minimum absolute atomic E-state index is 0.334. The minimum Gasteiger partial charge on any atom is -0.493 e. The summed E-state index contributed by atoms with van der Waals surface area (Å²) in [6.07, 6.45) is 4.95. The van der Waals surface area contributed by atoms with Crippen molar-refractivity contribution in [3.63, 3.8) is 0 Å². The van der Waals surface area contributed by atoms with E-state index in [1.807, 2.05) is 18.2 Å². The Hall–Kier alpha value is -2.09. The molecule has 0 saturated heterocycles. The molecule has 0 amide bonds.